The lowest BCUT2D eigenvalue weighted by Gasteiger charge is -2.09. The van der Waals surface area contributed by atoms with Crippen LogP contribution in [-0.2, 0) is 16.6 Å². The quantitative estimate of drug-likeness (QED) is 0.722. The molecule has 0 fully saturated rings. The van der Waals surface area contributed by atoms with Crippen molar-refractivity contribution in [2.45, 2.75) is 11.4 Å². The Morgan fingerprint density at radius 1 is 1.40 bits per heavy atom. The number of nitrogens with zero attached hydrogens (tertiary/aromatic N) is 3. The molecule has 0 spiro atoms. The minimum Gasteiger partial charge on any atom is -0.388 e. The number of hydrogen-bond acceptors (Lipinski definition) is 5. The second kappa shape index (κ2) is 6.07. The summed E-state index contributed by atoms with van der Waals surface area (Å²) < 4.78 is 28.5. The Morgan fingerprint density at radius 3 is 2.85 bits per heavy atom. The van der Waals surface area contributed by atoms with Crippen LogP contribution in [0.25, 0.3) is 0 Å². The molecular weight excluding hydrogens is 298 g/mol. The average molecular weight is 311 g/mol. The lowest BCUT2D eigenvalue weighted by atomic mass is 10.3. The van der Waals surface area contributed by atoms with Gasteiger partial charge in [-0.2, -0.15) is 5.10 Å². The highest BCUT2D eigenvalue weighted by molar-refractivity contribution is 7.89. The van der Waals surface area contributed by atoms with Gasteiger partial charge in [-0.3, -0.25) is 9.67 Å². The number of pyridine rings is 1. The molecule has 0 unspecified atom stereocenters. The van der Waals surface area contributed by atoms with Crippen molar-refractivity contribution in [2.75, 3.05) is 6.54 Å². The maximum atomic E-state index is 12.2. The van der Waals surface area contributed by atoms with E-state index in [9.17, 15) is 8.42 Å². The van der Waals surface area contributed by atoms with Crippen LogP contribution in [0.3, 0.4) is 0 Å². The fourth-order valence-corrected chi connectivity index (χ4v) is 3.02. The molecular formula is C11H13N5O2S2. The lowest BCUT2D eigenvalue weighted by Crippen LogP contribution is -2.30. The van der Waals surface area contributed by atoms with Crippen LogP contribution in [0.1, 0.15) is 5.69 Å². The molecule has 0 radical (unpaired) electrons. The van der Waals surface area contributed by atoms with Crippen molar-refractivity contribution >= 4 is 27.2 Å². The summed E-state index contributed by atoms with van der Waals surface area (Å²) in [6.45, 7) is 0.630. The molecule has 0 bridgehead atoms. The summed E-state index contributed by atoms with van der Waals surface area (Å²) in [6, 6.07) is 4.70. The Labute approximate surface area is 121 Å². The van der Waals surface area contributed by atoms with E-state index in [4.69, 9.17) is 18.0 Å². The SMILES string of the molecule is NC(=S)c1ncccc1S(=O)(=O)NCCn1cccn1. The van der Waals surface area contributed by atoms with Gasteiger partial charge in [0, 0.05) is 25.1 Å². The van der Waals surface area contributed by atoms with Gasteiger partial charge in [-0.1, -0.05) is 12.2 Å². The topological polar surface area (TPSA) is 103 Å². The lowest BCUT2D eigenvalue weighted by molar-refractivity contribution is 0.560. The third-order valence-corrected chi connectivity index (χ3v) is 4.17. The molecule has 0 saturated carbocycles. The summed E-state index contributed by atoms with van der Waals surface area (Å²) in [5, 5.41) is 3.98. The van der Waals surface area contributed by atoms with E-state index in [1.807, 2.05) is 0 Å². The van der Waals surface area contributed by atoms with Gasteiger partial charge in [0.1, 0.15) is 15.6 Å². The zero-order valence-corrected chi connectivity index (χ0v) is 12.1. The predicted octanol–water partition coefficient (Wildman–Crippen LogP) is -0.109. The third kappa shape index (κ3) is 3.38. The van der Waals surface area contributed by atoms with Crippen molar-refractivity contribution in [2.24, 2.45) is 5.73 Å². The van der Waals surface area contributed by atoms with Crippen LogP contribution >= 0.6 is 12.2 Å². The van der Waals surface area contributed by atoms with Crippen molar-refractivity contribution < 1.29 is 8.42 Å². The normalized spacial score (nSPS) is 11.4. The monoisotopic (exact) mass is 311 g/mol. The summed E-state index contributed by atoms with van der Waals surface area (Å²) >= 11 is 4.80. The Morgan fingerprint density at radius 2 is 2.20 bits per heavy atom. The van der Waals surface area contributed by atoms with Crippen LogP contribution in [0.15, 0.2) is 41.7 Å². The maximum absolute atomic E-state index is 12.2. The molecule has 2 rings (SSSR count). The number of nitrogens with two attached hydrogens (primary N) is 1. The van der Waals surface area contributed by atoms with E-state index in [0.717, 1.165) is 0 Å². The van der Waals surface area contributed by atoms with Crippen LogP contribution in [0, 0.1) is 0 Å². The molecule has 0 aliphatic carbocycles. The highest BCUT2D eigenvalue weighted by atomic mass is 32.2. The number of nitrogens with one attached hydrogen (secondary N) is 1. The van der Waals surface area contributed by atoms with E-state index in [-0.39, 0.29) is 22.1 Å². The van der Waals surface area contributed by atoms with Gasteiger partial charge in [-0.25, -0.2) is 13.1 Å². The molecule has 20 heavy (non-hydrogen) atoms. The zero-order chi connectivity index (χ0) is 14.6. The Balaban J connectivity index is 2.12. The van der Waals surface area contributed by atoms with Crippen LogP contribution in [0.5, 0.6) is 0 Å². The first-order valence-electron chi connectivity index (χ1n) is 5.72. The van der Waals surface area contributed by atoms with E-state index in [2.05, 4.69) is 14.8 Å². The standard InChI is InChI=1S/C11H13N5O2S2/c12-11(19)10-9(3-1-4-13-10)20(17,18)15-6-8-16-7-2-5-14-16/h1-5,7,15H,6,8H2,(H2,12,19). The van der Waals surface area contributed by atoms with Crippen molar-refractivity contribution in [3.05, 3.63) is 42.5 Å². The molecule has 0 saturated heterocycles. The van der Waals surface area contributed by atoms with Gasteiger partial charge < -0.3 is 5.73 Å². The molecule has 0 atom stereocenters. The number of sulfonamides is 1. The molecule has 0 aromatic carbocycles. The molecule has 2 aromatic heterocycles. The number of thiocarbonyl (C=S) groups is 1. The average Bonchev–Trinajstić information content (AvgIpc) is 2.91. The van der Waals surface area contributed by atoms with Crippen LogP contribution < -0.4 is 10.5 Å². The van der Waals surface area contributed by atoms with Gasteiger partial charge in [0.25, 0.3) is 0 Å². The van der Waals surface area contributed by atoms with E-state index in [0.29, 0.717) is 6.54 Å². The molecule has 0 aliphatic rings. The number of aromatic nitrogens is 3. The van der Waals surface area contributed by atoms with E-state index < -0.39 is 10.0 Å². The van der Waals surface area contributed by atoms with Crippen molar-refractivity contribution in [3.63, 3.8) is 0 Å². The van der Waals surface area contributed by atoms with Gasteiger partial charge in [0.2, 0.25) is 10.0 Å². The molecule has 0 aliphatic heterocycles. The van der Waals surface area contributed by atoms with E-state index in [1.165, 1.54) is 18.3 Å². The van der Waals surface area contributed by atoms with Crippen molar-refractivity contribution in [3.8, 4) is 0 Å². The van der Waals surface area contributed by atoms with Crippen molar-refractivity contribution in [1.82, 2.24) is 19.5 Å². The number of hydrogen-bond donors (Lipinski definition) is 2. The summed E-state index contributed by atoms with van der Waals surface area (Å²) in [5.74, 6) is 0. The summed E-state index contributed by atoms with van der Waals surface area (Å²) in [5.41, 5.74) is 5.57. The molecule has 9 heteroatoms. The minimum absolute atomic E-state index is 0.0204. The largest absolute Gasteiger partial charge is 0.388 e. The second-order valence-corrected chi connectivity index (χ2v) is 6.06. The second-order valence-electron chi connectivity index (χ2n) is 3.88. The highest BCUT2D eigenvalue weighted by Gasteiger charge is 2.20. The molecule has 0 amide bonds. The smallest absolute Gasteiger partial charge is 0.242 e. The molecule has 3 N–H and O–H groups in total. The fourth-order valence-electron chi connectivity index (χ4n) is 1.60. The van der Waals surface area contributed by atoms with E-state index in [1.54, 1.807) is 23.1 Å². The van der Waals surface area contributed by atoms with Gasteiger partial charge in [-0.15, -0.1) is 0 Å². The first kappa shape index (κ1) is 14.6. The highest BCUT2D eigenvalue weighted by Crippen LogP contribution is 2.12. The van der Waals surface area contributed by atoms with Crippen LogP contribution in [0.4, 0.5) is 0 Å². The first-order valence-corrected chi connectivity index (χ1v) is 7.62. The summed E-state index contributed by atoms with van der Waals surface area (Å²) in [4.78, 5) is 3.82. The molecule has 2 heterocycles. The zero-order valence-electron chi connectivity index (χ0n) is 10.4. The predicted molar refractivity (Wildman–Crippen MR) is 77.5 cm³/mol. The van der Waals surface area contributed by atoms with Gasteiger partial charge in [0.05, 0.1) is 6.54 Å². The molecule has 2 aromatic rings. The van der Waals surface area contributed by atoms with Crippen LogP contribution in [-0.4, -0.2) is 34.7 Å². The first-order chi connectivity index (χ1) is 9.50. The minimum atomic E-state index is -3.71. The Kier molecular flexibility index (Phi) is 4.42. The van der Waals surface area contributed by atoms with Crippen LogP contribution in [0.2, 0.25) is 0 Å². The Bertz CT molecular complexity index is 697. The summed E-state index contributed by atoms with van der Waals surface area (Å²) in [6.07, 6.45) is 4.82. The maximum Gasteiger partial charge on any atom is 0.242 e. The van der Waals surface area contributed by atoms with E-state index >= 15 is 0 Å². The van der Waals surface area contributed by atoms with Crippen molar-refractivity contribution in [1.29, 1.82) is 0 Å². The van der Waals surface area contributed by atoms with Gasteiger partial charge >= 0.3 is 0 Å². The fraction of sp³-hybridized carbons (Fsp3) is 0.182. The van der Waals surface area contributed by atoms with Gasteiger partial charge in [-0.05, 0) is 18.2 Å². The molecule has 106 valence electrons. The Hall–Kier alpha value is -1.84. The summed E-state index contributed by atoms with van der Waals surface area (Å²) in [7, 11) is -3.71. The molecule has 7 nitrogen and oxygen atoms in total. The van der Waals surface area contributed by atoms with Gasteiger partial charge in [0.15, 0.2) is 0 Å². The number of rotatable bonds is 6. The third-order valence-electron chi connectivity index (χ3n) is 2.49.